The molecule has 1 aromatic carbocycles. The molecule has 94 valence electrons. The van der Waals surface area contributed by atoms with Gasteiger partial charge in [0.05, 0.1) is 0 Å². The highest BCUT2D eigenvalue weighted by atomic mass is 16.2. The standard InChI is InChI=1S/C13H21N3O/c1-15(2)9-10-16(3)13(17)12(14)11-7-5-4-6-8-11/h4-8,12H,9-10,14H2,1-3H3/t12-/m1/s1. The topological polar surface area (TPSA) is 49.6 Å². The zero-order valence-corrected chi connectivity index (χ0v) is 10.8. The van der Waals surface area contributed by atoms with Crippen molar-refractivity contribution in [1.29, 1.82) is 0 Å². The Morgan fingerprint density at radius 3 is 2.29 bits per heavy atom. The molecule has 0 radical (unpaired) electrons. The summed E-state index contributed by atoms with van der Waals surface area (Å²) >= 11 is 0. The van der Waals surface area contributed by atoms with E-state index >= 15 is 0 Å². The van der Waals surface area contributed by atoms with Crippen LogP contribution in [-0.4, -0.2) is 49.9 Å². The summed E-state index contributed by atoms with van der Waals surface area (Å²) in [6, 6.07) is 8.88. The lowest BCUT2D eigenvalue weighted by atomic mass is 10.1. The summed E-state index contributed by atoms with van der Waals surface area (Å²) < 4.78 is 0. The fourth-order valence-corrected chi connectivity index (χ4v) is 1.50. The third-order valence-corrected chi connectivity index (χ3v) is 2.68. The highest BCUT2D eigenvalue weighted by Gasteiger charge is 2.19. The Kier molecular flexibility index (Phi) is 5.12. The van der Waals surface area contributed by atoms with E-state index in [-0.39, 0.29) is 5.91 Å². The lowest BCUT2D eigenvalue weighted by Crippen LogP contribution is -2.39. The van der Waals surface area contributed by atoms with Crippen LogP contribution in [-0.2, 0) is 4.79 Å². The maximum absolute atomic E-state index is 12.0. The maximum atomic E-state index is 12.0. The number of amides is 1. The molecule has 2 N–H and O–H groups in total. The van der Waals surface area contributed by atoms with E-state index in [1.54, 1.807) is 11.9 Å². The van der Waals surface area contributed by atoms with Gasteiger partial charge in [0.1, 0.15) is 6.04 Å². The van der Waals surface area contributed by atoms with Crippen LogP contribution in [0.1, 0.15) is 11.6 Å². The second-order valence-corrected chi connectivity index (χ2v) is 4.45. The van der Waals surface area contributed by atoms with E-state index in [0.717, 1.165) is 12.1 Å². The van der Waals surface area contributed by atoms with Crippen LogP contribution >= 0.6 is 0 Å². The molecule has 0 aliphatic rings. The molecule has 0 aliphatic heterocycles. The quantitative estimate of drug-likeness (QED) is 0.817. The molecule has 1 amide bonds. The van der Waals surface area contributed by atoms with Gasteiger partial charge in [-0.1, -0.05) is 30.3 Å². The third-order valence-electron chi connectivity index (χ3n) is 2.68. The third kappa shape index (κ3) is 4.17. The molecule has 4 nitrogen and oxygen atoms in total. The number of benzene rings is 1. The lowest BCUT2D eigenvalue weighted by molar-refractivity contribution is -0.131. The van der Waals surface area contributed by atoms with E-state index in [1.165, 1.54) is 0 Å². The Morgan fingerprint density at radius 2 is 1.76 bits per heavy atom. The minimum atomic E-state index is -0.566. The van der Waals surface area contributed by atoms with Crippen LogP contribution in [0.3, 0.4) is 0 Å². The molecule has 0 bridgehead atoms. The van der Waals surface area contributed by atoms with Crippen molar-refractivity contribution in [2.45, 2.75) is 6.04 Å². The molecule has 1 rings (SSSR count). The van der Waals surface area contributed by atoms with Crippen molar-refractivity contribution in [3.63, 3.8) is 0 Å². The first kappa shape index (κ1) is 13.7. The molecule has 0 fully saturated rings. The molecule has 4 heteroatoms. The van der Waals surface area contributed by atoms with Crippen LogP contribution in [0.2, 0.25) is 0 Å². The number of nitrogens with zero attached hydrogens (tertiary/aromatic N) is 2. The van der Waals surface area contributed by atoms with Gasteiger partial charge in [0, 0.05) is 20.1 Å². The largest absolute Gasteiger partial charge is 0.343 e. The predicted molar refractivity (Wildman–Crippen MR) is 69.6 cm³/mol. The molecular weight excluding hydrogens is 214 g/mol. The van der Waals surface area contributed by atoms with Crippen LogP contribution in [0.5, 0.6) is 0 Å². The van der Waals surface area contributed by atoms with Crippen molar-refractivity contribution in [3.05, 3.63) is 35.9 Å². The smallest absolute Gasteiger partial charge is 0.243 e. The molecule has 0 saturated carbocycles. The van der Waals surface area contributed by atoms with Gasteiger partial charge in [-0.3, -0.25) is 4.79 Å². The van der Waals surface area contributed by atoms with Gasteiger partial charge >= 0.3 is 0 Å². The SMILES string of the molecule is CN(C)CCN(C)C(=O)[C@H](N)c1ccccc1. The van der Waals surface area contributed by atoms with Crippen LogP contribution in [0.25, 0.3) is 0 Å². The zero-order valence-electron chi connectivity index (χ0n) is 10.8. The summed E-state index contributed by atoms with van der Waals surface area (Å²) in [6.07, 6.45) is 0. The van der Waals surface area contributed by atoms with Gasteiger partial charge in [-0.15, -0.1) is 0 Å². The number of carbonyl (C=O) groups is 1. The zero-order chi connectivity index (χ0) is 12.8. The van der Waals surface area contributed by atoms with Crippen molar-refractivity contribution in [2.75, 3.05) is 34.2 Å². The first-order valence-electron chi connectivity index (χ1n) is 5.72. The molecule has 0 spiro atoms. The molecule has 0 heterocycles. The van der Waals surface area contributed by atoms with Crippen LogP contribution in [0.4, 0.5) is 0 Å². The molecule has 17 heavy (non-hydrogen) atoms. The van der Waals surface area contributed by atoms with Crippen LogP contribution in [0.15, 0.2) is 30.3 Å². The summed E-state index contributed by atoms with van der Waals surface area (Å²) in [4.78, 5) is 15.8. The molecule has 1 aromatic rings. The number of hydrogen-bond donors (Lipinski definition) is 1. The maximum Gasteiger partial charge on any atom is 0.243 e. The average Bonchev–Trinajstić information content (AvgIpc) is 2.35. The van der Waals surface area contributed by atoms with Crippen molar-refractivity contribution >= 4 is 5.91 Å². The number of hydrogen-bond acceptors (Lipinski definition) is 3. The summed E-state index contributed by atoms with van der Waals surface area (Å²) in [5, 5.41) is 0. The van der Waals surface area contributed by atoms with Gasteiger partial charge in [0.15, 0.2) is 0 Å². The molecular formula is C13H21N3O. The fraction of sp³-hybridized carbons (Fsp3) is 0.462. The first-order chi connectivity index (χ1) is 8.02. The Balaban J connectivity index is 2.57. The minimum absolute atomic E-state index is 0.0435. The highest BCUT2D eigenvalue weighted by Crippen LogP contribution is 2.11. The Bertz CT molecular complexity index is 351. The van der Waals surface area contributed by atoms with Gasteiger partial charge in [-0.2, -0.15) is 0 Å². The molecule has 1 atom stereocenters. The van der Waals surface area contributed by atoms with Crippen molar-refractivity contribution in [1.82, 2.24) is 9.80 Å². The van der Waals surface area contributed by atoms with E-state index in [2.05, 4.69) is 0 Å². The van der Waals surface area contributed by atoms with Crippen LogP contribution in [0, 0.1) is 0 Å². The number of rotatable bonds is 5. The van der Waals surface area contributed by atoms with Crippen LogP contribution < -0.4 is 5.73 Å². The lowest BCUT2D eigenvalue weighted by Gasteiger charge is -2.23. The van der Waals surface area contributed by atoms with Gasteiger partial charge < -0.3 is 15.5 Å². The monoisotopic (exact) mass is 235 g/mol. The van der Waals surface area contributed by atoms with Crippen molar-refractivity contribution in [3.8, 4) is 0 Å². The first-order valence-corrected chi connectivity index (χ1v) is 5.72. The van der Waals surface area contributed by atoms with E-state index in [0.29, 0.717) is 6.54 Å². The molecule has 0 aliphatic carbocycles. The van der Waals surface area contributed by atoms with E-state index < -0.39 is 6.04 Å². The van der Waals surface area contributed by atoms with E-state index in [1.807, 2.05) is 49.3 Å². The molecule has 0 saturated heterocycles. The Morgan fingerprint density at radius 1 is 1.18 bits per heavy atom. The summed E-state index contributed by atoms with van der Waals surface area (Å²) in [5.74, 6) is -0.0435. The van der Waals surface area contributed by atoms with Crippen molar-refractivity contribution < 1.29 is 4.79 Å². The van der Waals surface area contributed by atoms with Gasteiger partial charge in [-0.05, 0) is 19.7 Å². The highest BCUT2D eigenvalue weighted by molar-refractivity contribution is 5.82. The summed E-state index contributed by atoms with van der Waals surface area (Å²) in [5.41, 5.74) is 6.80. The molecule has 0 unspecified atom stereocenters. The Hall–Kier alpha value is -1.39. The van der Waals surface area contributed by atoms with Gasteiger partial charge in [0.25, 0.3) is 0 Å². The van der Waals surface area contributed by atoms with Gasteiger partial charge in [0.2, 0.25) is 5.91 Å². The summed E-state index contributed by atoms with van der Waals surface area (Å²) in [6.45, 7) is 1.52. The average molecular weight is 235 g/mol. The van der Waals surface area contributed by atoms with Crippen molar-refractivity contribution in [2.24, 2.45) is 5.73 Å². The molecule has 0 aromatic heterocycles. The van der Waals surface area contributed by atoms with E-state index in [9.17, 15) is 4.79 Å². The fourth-order valence-electron chi connectivity index (χ4n) is 1.50. The number of carbonyl (C=O) groups excluding carboxylic acids is 1. The number of likely N-dealkylation sites (N-methyl/N-ethyl adjacent to an activating group) is 2. The normalized spacial score (nSPS) is 12.5. The second-order valence-electron chi connectivity index (χ2n) is 4.45. The second kappa shape index (κ2) is 6.37. The minimum Gasteiger partial charge on any atom is -0.343 e. The predicted octanol–water partition coefficient (Wildman–Crippen LogP) is 0.706. The number of nitrogens with two attached hydrogens (primary N) is 1. The van der Waals surface area contributed by atoms with E-state index in [4.69, 9.17) is 5.73 Å². The Labute approximate surface area is 103 Å². The summed E-state index contributed by atoms with van der Waals surface area (Å²) in [7, 11) is 5.75. The van der Waals surface area contributed by atoms with Gasteiger partial charge in [-0.25, -0.2) is 0 Å².